The Morgan fingerprint density at radius 3 is 2.81 bits per heavy atom. The minimum atomic E-state index is -0.222. The Balaban J connectivity index is 1.44. The summed E-state index contributed by atoms with van der Waals surface area (Å²) in [7, 11) is 0. The third kappa shape index (κ3) is 5.19. The van der Waals surface area contributed by atoms with Gasteiger partial charge in [0.25, 0.3) is 0 Å². The van der Waals surface area contributed by atoms with Crippen molar-refractivity contribution in [3.63, 3.8) is 0 Å². The van der Waals surface area contributed by atoms with Crippen molar-refractivity contribution in [2.24, 2.45) is 5.92 Å². The number of allylic oxidation sites excluding steroid dienone is 2. The molecule has 0 radical (unpaired) electrons. The fourth-order valence-electron chi connectivity index (χ4n) is 4.29. The molecule has 3 atom stereocenters. The first-order valence-corrected chi connectivity index (χ1v) is 11.2. The fraction of sp³-hybridized carbons (Fsp3) is 0.370. The second kappa shape index (κ2) is 9.86. The molecule has 2 heterocycles. The van der Waals surface area contributed by atoms with E-state index < -0.39 is 0 Å². The molecule has 0 amide bonds. The van der Waals surface area contributed by atoms with E-state index in [2.05, 4.69) is 42.7 Å². The standard InChI is InChI=1S/C27H31NO3/c1-19(20(2)27(29)31-18-21-7-4-3-5-8-21)23-10-11-26-25(16-23)24(12-14-30-26)15-22-9-6-13-28-17-22/h3-8,10-11,13,16-17,19-20,24,28H,9,12,14-15,18H2,1-2H3/t19?,20-,24?/m0/s1. The zero-order chi connectivity index (χ0) is 21.6. The molecular weight excluding hydrogens is 386 g/mol. The van der Waals surface area contributed by atoms with Crippen LogP contribution in [0.4, 0.5) is 0 Å². The van der Waals surface area contributed by atoms with Crippen LogP contribution < -0.4 is 10.1 Å². The summed E-state index contributed by atoms with van der Waals surface area (Å²) < 4.78 is 11.5. The van der Waals surface area contributed by atoms with E-state index in [1.54, 1.807) is 0 Å². The van der Waals surface area contributed by atoms with E-state index in [0.29, 0.717) is 12.5 Å². The number of carbonyl (C=O) groups is 1. The summed E-state index contributed by atoms with van der Waals surface area (Å²) >= 11 is 0. The number of benzene rings is 2. The van der Waals surface area contributed by atoms with Crippen LogP contribution in [0.1, 0.15) is 61.6 Å². The molecule has 0 bridgehead atoms. The van der Waals surface area contributed by atoms with Crippen molar-refractivity contribution in [3.8, 4) is 5.75 Å². The van der Waals surface area contributed by atoms with Crippen LogP contribution in [0.2, 0.25) is 0 Å². The van der Waals surface area contributed by atoms with E-state index in [9.17, 15) is 4.79 Å². The van der Waals surface area contributed by atoms with E-state index in [0.717, 1.165) is 42.7 Å². The lowest BCUT2D eigenvalue weighted by Gasteiger charge is -2.29. The second-order valence-corrected chi connectivity index (χ2v) is 8.58. The normalized spacial score (nSPS) is 19.3. The van der Waals surface area contributed by atoms with Gasteiger partial charge in [-0.3, -0.25) is 4.79 Å². The summed E-state index contributed by atoms with van der Waals surface area (Å²) in [6.45, 7) is 5.13. The number of fused-ring (bicyclic) bond motifs is 1. The number of rotatable bonds is 7. The number of dihydropyridines is 1. The molecule has 2 aromatic rings. The minimum absolute atomic E-state index is 0.0645. The van der Waals surface area contributed by atoms with Crippen molar-refractivity contribution < 1.29 is 14.3 Å². The fourth-order valence-corrected chi connectivity index (χ4v) is 4.29. The highest BCUT2D eigenvalue weighted by Crippen LogP contribution is 2.40. The van der Waals surface area contributed by atoms with Gasteiger partial charge in [-0.05, 0) is 71.8 Å². The summed E-state index contributed by atoms with van der Waals surface area (Å²) in [5, 5.41) is 3.20. The molecule has 31 heavy (non-hydrogen) atoms. The van der Waals surface area contributed by atoms with Crippen molar-refractivity contribution in [3.05, 3.63) is 89.3 Å². The largest absolute Gasteiger partial charge is 0.493 e. The number of hydrogen-bond acceptors (Lipinski definition) is 4. The van der Waals surface area contributed by atoms with Crippen molar-refractivity contribution in [2.45, 2.75) is 51.6 Å². The minimum Gasteiger partial charge on any atom is -0.493 e. The molecule has 2 unspecified atom stereocenters. The molecular formula is C27H31NO3. The maximum Gasteiger partial charge on any atom is 0.309 e. The van der Waals surface area contributed by atoms with Gasteiger partial charge in [-0.2, -0.15) is 0 Å². The molecule has 2 aliphatic heterocycles. The molecule has 4 rings (SSSR count). The zero-order valence-electron chi connectivity index (χ0n) is 18.3. The van der Waals surface area contributed by atoms with Crippen LogP contribution >= 0.6 is 0 Å². The number of esters is 1. The monoisotopic (exact) mass is 417 g/mol. The highest BCUT2D eigenvalue weighted by molar-refractivity contribution is 5.73. The third-order valence-corrected chi connectivity index (χ3v) is 6.46. The predicted molar refractivity (Wildman–Crippen MR) is 123 cm³/mol. The van der Waals surface area contributed by atoms with Crippen LogP contribution in [-0.4, -0.2) is 12.6 Å². The topological polar surface area (TPSA) is 47.6 Å². The molecule has 2 aromatic carbocycles. The van der Waals surface area contributed by atoms with Crippen molar-refractivity contribution in [1.82, 2.24) is 5.32 Å². The van der Waals surface area contributed by atoms with Crippen LogP contribution in [0.5, 0.6) is 5.75 Å². The smallest absolute Gasteiger partial charge is 0.309 e. The van der Waals surface area contributed by atoms with Gasteiger partial charge < -0.3 is 14.8 Å². The van der Waals surface area contributed by atoms with Crippen LogP contribution in [0.15, 0.2) is 72.6 Å². The highest BCUT2D eigenvalue weighted by Gasteiger charge is 2.27. The maximum absolute atomic E-state index is 12.7. The second-order valence-electron chi connectivity index (χ2n) is 8.58. The zero-order valence-corrected chi connectivity index (χ0v) is 18.3. The maximum atomic E-state index is 12.7. The van der Waals surface area contributed by atoms with Gasteiger partial charge in [0.15, 0.2) is 0 Å². The average molecular weight is 418 g/mol. The SMILES string of the molecule is CC(c1ccc2c(c1)C(CC1=CNC=CC1)CCO2)[C@H](C)C(=O)OCc1ccccc1. The molecule has 0 spiro atoms. The van der Waals surface area contributed by atoms with Gasteiger partial charge in [-0.15, -0.1) is 0 Å². The van der Waals surface area contributed by atoms with Gasteiger partial charge in [-0.1, -0.05) is 62.4 Å². The quantitative estimate of drug-likeness (QED) is 0.577. The molecule has 0 aromatic heterocycles. The lowest BCUT2D eigenvalue weighted by molar-refractivity contribution is -0.149. The molecule has 1 N–H and O–H groups in total. The van der Waals surface area contributed by atoms with Crippen LogP contribution in [0.3, 0.4) is 0 Å². The van der Waals surface area contributed by atoms with Crippen molar-refractivity contribution >= 4 is 5.97 Å². The van der Waals surface area contributed by atoms with E-state index in [1.165, 1.54) is 11.1 Å². The summed E-state index contributed by atoms with van der Waals surface area (Å²) in [4.78, 5) is 12.7. The highest BCUT2D eigenvalue weighted by atomic mass is 16.5. The van der Waals surface area contributed by atoms with Crippen LogP contribution in [0.25, 0.3) is 0 Å². The predicted octanol–water partition coefficient (Wildman–Crippen LogP) is 5.82. The average Bonchev–Trinajstić information content (AvgIpc) is 2.83. The van der Waals surface area contributed by atoms with Crippen molar-refractivity contribution in [2.75, 3.05) is 6.61 Å². The van der Waals surface area contributed by atoms with Gasteiger partial charge in [-0.25, -0.2) is 0 Å². The van der Waals surface area contributed by atoms with Gasteiger partial charge >= 0.3 is 5.97 Å². The summed E-state index contributed by atoms with van der Waals surface area (Å²) in [5.74, 6) is 1.10. The molecule has 0 fully saturated rings. The summed E-state index contributed by atoms with van der Waals surface area (Å²) in [6.07, 6.45) is 9.31. The molecule has 0 saturated carbocycles. The molecule has 2 aliphatic rings. The van der Waals surface area contributed by atoms with Crippen molar-refractivity contribution in [1.29, 1.82) is 0 Å². The van der Waals surface area contributed by atoms with E-state index in [1.807, 2.05) is 43.5 Å². The van der Waals surface area contributed by atoms with Gasteiger partial charge in [0.05, 0.1) is 12.5 Å². The van der Waals surface area contributed by atoms with Crippen LogP contribution in [-0.2, 0) is 16.1 Å². The molecule has 0 aliphatic carbocycles. The lowest BCUT2D eigenvalue weighted by Crippen LogP contribution is -2.21. The Hall–Kier alpha value is -3.01. The first-order valence-electron chi connectivity index (χ1n) is 11.2. The summed E-state index contributed by atoms with van der Waals surface area (Å²) in [6, 6.07) is 16.2. The van der Waals surface area contributed by atoms with Crippen LogP contribution in [0, 0.1) is 5.92 Å². The molecule has 4 heteroatoms. The molecule has 162 valence electrons. The Morgan fingerprint density at radius 1 is 1.19 bits per heavy atom. The number of hydrogen-bond donors (Lipinski definition) is 1. The first kappa shape index (κ1) is 21.2. The van der Waals surface area contributed by atoms with Gasteiger partial charge in [0.2, 0.25) is 0 Å². The summed E-state index contributed by atoms with van der Waals surface area (Å²) in [5.41, 5.74) is 4.84. The third-order valence-electron chi connectivity index (χ3n) is 6.46. The Kier molecular flexibility index (Phi) is 6.76. The number of nitrogens with one attached hydrogen (secondary N) is 1. The van der Waals surface area contributed by atoms with Gasteiger partial charge in [0.1, 0.15) is 12.4 Å². The first-order chi connectivity index (χ1) is 15.1. The van der Waals surface area contributed by atoms with E-state index in [-0.39, 0.29) is 17.8 Å². The molecule has 4 nitrogen and oxygen atoms in total. The Bertz CT molecular complexity index is 964. The lowest BCUT2D eigenvalue weighted by atomic mass is 9.82. The van der Waals surface area contributed by atoms with E-state index in [4.69, 9.17) is 9.47 Å². The Labute approximate surface area is 185 Å². The Morgan fingerprint density at radius 2 is 2.03 bits per heavy atom. The van der Waals surface area contributed by atoms with E-state index >= 15 is 0 Å². The van der Waals surface area contributed by atoms with Gasteiger partial charge in [0, 0.05) is 0 Å². The number of ether oxygens (including phenoxy) is 2. The molecule has 0 saturated heterocycles. The number of carbonyl (C=O) groups excluding carboxylic acids is 1.